The summed E-state index contributed by atoms with van der Waals surface area (Å²) in [4.78, 5) is 33.0. The lowest BCUT2D eigenvalue weighted by Gasteiger charge is -2.35. The predicted octanol–water partition coefficient (Wildman–Crippen LogP) is 4.12. The fourth-order valence-corrected chi connectivity index (χ4v) is 6.21. The van der Waals surface area contributed by atoms with Crippen LogP contribution in [0.15, 0.2) is 66.7 Å². The summed E-state index contributed by atoms with van der Waals surface area (Å²) in [6.07, 6.45) is 1.72. The Labute approximate surface area is 239 Å². The van der Waals surface area contributed by atoms with Gasteiger partial charge >= 0.3 is 0 Å². The van der Waals surface area contributed by atoms with Gasteiger partial charge in [-0.25, -0.2) is 0 Å². The second-order valence-electron chi connectivity index (χ2n) is 11.1. The molecule has 4 aliphatic rings. The second-order valence-corrected chi connectivity index (χ2v) is 11.1. The molecule has 2 saturated heterocycles. The highest BCUT2D eigenvalue weighted by atomic mass is 16.7. The zero-order chi connectivity index (χ0) is 27.8. The lowest BCUT2D eigenvalue weighted by molar-refractivity contribution is 0.0488. The molecule has 0 aliphatic carbocycles. The number of carbonyl (C=O) groups is 2. The number of amides is 2. The standard InChI is InChI=1S/C32H34N4O5/c37-31(35-14-12-34(13-15-35)19-22-10-11-28-29(17-22)41-21-40-28)23-5-3-6-24(18-23)33-30-26-8-1-2-9-27(26)32(38)36(30)20-25-7-4-16-39-25/h1-3,5-6,8-11,17-18,25,30,33H,4,7,12-16,19-21H2. The van der Waals surface area contributed by atoms with Gasteiger partial charge in [0.05, 0.1) is 6.10 Å². The largest absolute Gasteiger partial charge is 0.454 e. The Kier molecular flexibility index (Phi) is 6.98. The molecule has 41 heavy (non-hydrogen) atoms. The highest BCUT2D eigenvalue weighted by molar-refractivity contribution is 5.99. The molecule has 1 N–H and O–H groups in total. The van der Waals surface area contributed by atoms with Gasteiger partial charge in [-0.1, -0.05) is 30.3 Å². The van der Waals surface area contributed by atoms with E-state index in [1.165, 1.54) is 5.56 Å². The predicted molar refractivity (Wildman–Crippen MR) is 153 cm³/mol. The summed E-state index contributed by atoms with van der Waals surface area (Å²) in [7, 11) is 0. The van der Waals surface area contributed by atoms with E-state index in [0.717, 1.165) is 61.8 Å². The van der Waals surface area contributed by atoms with Gasteiger partial charge in [0.1, 0.15) is 6.17 Å². The van der Waals surface area contributed by atoms with Crippen LogP contribution in [0.4, 0.5) is 5.69 Å². The molecule has 0 bridgehead atoms. The van der Waals surface area contributed by atoms with Crippen molar-refractivity contribution in [3.8, 4) is 11.5 Å². The molecule has 4 heterocycles. The third-order valence-electron chi connectivity index (χ3n) is 8.40. The maximum absolute atomic E-state index is 13.5. The number of anilines is 1. The summed E-state index contributed by atoms with van der Waals surface area (Å²) in [6, 6.07) is 21.4. The van der Waals surface area contributed by atoms with Crippen LogP contribution in [0.25, 0.3) is 0 Å². The summed E-state index contributed by atoms with van der Waals surface area (Å²) < 4.78 is 16.8. The lowest BCUT2D eigenvalue weighted by atomic mass is 10.1. The second kappa shape index (κ2) is 11.1. The van der Waals surface area contributed by atoms with E-state index < -0.39 is 0 Å². The van der Waals surface area contributed by atoms with Gasteiger partial charge in [-0.05, 0) is 54.8 Å². The first-order chi connectivity index (χ1) is 20.1. The van der Waals surface area contributed by atoms with Crippen LogP contribution in [0, 0.1) is 0 Å². The van der Waals surface area contributed by atoms with Crippen molar-refractivity contribution in [1.82, 2.24) is 14.7 Å². The zero-order valence-corrected chi connectivity index (χ0v) is 23.0. The van der Waals surface area contributed by atoms with Crippen molar-refractivity contribution in [3.05, 3.63) is 89.0 Å². The van der Waals surface area contributed by atoms with E-state index in [1.807, 2.05) is 70.5 Å². The molecule has 2 amide bonds. The average molecular weight is 555 g/mol. The van der Waals surface area contributed by atoms with E-state index in [0.29, 0.717) is 30.8 Å². The molecule has 7 rings (SSSR count). The summed E-state index contributed by atoms with van der Waals surface area (Å²) in [5, 5.41) is 3.55. The van der Waals surface area contributed by atoms with E-state index in [2.05, 4.69) is 16.3 Å². The molecule has 9 heteroatoms. The topological polar surface area (TPSA) is 83.6 Å². The van der Waals surface area contributed by atoms with Crippen LogP contribution in [-0.4, -0.2) is 78.7 Å². The molecule has 3 aromatic rings. The van der Waals surface area contributed by atoms with Crippen molar-refractivity contribution in [3.63, 3.8) is 0 Å². The number of carbonyl (C=O) groups excluding carboxylic acids is 2. The third-order valence-corrected chi connectivity index (χ3v) is 8.40. The number of piperazine rings is 1. The molecular formula is C32H34N4O5. The molecule has 2 atom stereocenters. The normalized spacial score (nSPS) is 21.8. The highest BCUT2D eigenvalue weighted by Gasteiger charge is 2.38. The zero-order valence-electron chi connectivity index (χ0n) is 23.0. The van der Waals surface area contributed by atoms with Crippen LogP contribution in [0.3, 0.4) is 0 Å². The number of nitrogens with zero attached hydrogens (tertiary/aromatic N) is 3. The van der Waals surface area contributed by atoms with Gasteiger partial charge in [0.15, 0.2) is 11.5 Å². The van der Waals surface area contributed by atoms with E-state index in [-0.39, 0.29) is 30.9 Å². The molecule has 0 spiro atoms. The minimum Gasteiger partial charge on any atom is -0.454 e. The molecule has 212 valence electrons. The van der Waals surface area contributed by atoms with Crippen LogP contribution >= 0.6 is 0 Å². The first-order valence-electron chi connectivity index (χ1n) is 14.4. The van der Waals surface area contributed by atoms with Gasteiger partial charge in [-0.2, -0.15) is 0 Å². The molecular weight excluding hydrogens is 520 g/mol. The Morgan fingerprint density at radius 3 is 2.63 bits per heavy atom. The van der Waals surface area contributed by atoms with E-state index in [9.17, 15) is 9.59 Å². The van der Waals surface area contributed by atoms with Crippen molar-refractivity contribution in [2.24, 2.45) is 0 Å². The summed E-state index contributed by atoms with van der Waals surface area (Å²) in [5.41, 5.74) is 4.29. The van der Waals surface area contributed by atoms with Gasteiger partial charge in [0.2, 0.25) is 6.79 Å². The van der Waals surface area contributed by atoms with Crippen LogP contribution in [0.2, 0.25) is 0 Å². The Hall–Kier alpha value is -4.08. The number of fused-ring (bicyclic) bond motifs is 2. The molecule has 3 aromatic carbocycles. The molecule has 2 unspecified atom stereocenters. The summed E-state index contributed by atoms with van der Waals surface area (Å²) in [6.45, 7) is 5.31. The quantitative estimate of drug-likeness (QED) is 0.471. The Balaban J connectivity index is 1.01. The van der Waals surface area contributed by atoms with Crippen LogP contribution in [0.1, 0.15) is 50.9 Å². The minimum absolute atomic E-state index is 0.0134. The van der Waals surface area contributed by atoms with Gasteiger partial charge in [0, 0.05) is 68.3 Å². The van der Waals surface area contributed by atoms with Gasteiger partial charge < -0.3 is 29.3 Å². The maximum atomic E-state index is 13.5. The van der Waals surface area contributed by atoms with Crippen LogP contribution in [-0.2, 0) is 11.3 Å². The number of ether oxygens (including phenoxy) is 3. The molecule has 4 aliphatic heterocycles. The number of hydrogen-bond acceptors (Lipinski definition) is 7. The van der Waals surface area contributed by atoms with E-state index >= 15 is 0 Å². The number of hydrogen-bond donors (Lipinski definition) is 1. The van der Waals surface area contributed by atoms with Crippen molar-refractivity contribution in [2.75, 3.05) is 51.4 Å². The highest BCUT2D eigenvalue weighted by Crippen LogP contribution is 2.36. The van der Waals surface area contributed by atoms with E-state index in [1.54, 1.807) is 0 Å². The first-order valence-corrected chi connectivity index (χ1v) is 14.4. The number of rotatable bonds is 7. The van der Waals surface area contributed by atoms with Gasteiger partial charge in [-0.3, -0.25) is 14.5 Å². The Bertz CT molecular complexity index is 1450. The molecule has 2 fully saturated rings. The fraction of sp³-hybridized carbons (Fsp3) is 0.375. The summed E-state index contributed by atoms with van der Waals surface area (Å²) in [5.74, 6) is 1.63. The Morgan fingerprint density at radius 2 is 1.78 bits per heavy atom. The van der Waals surface area contributed by atoms with Gasteiger partial charge in [-0.15, -0.1) is 0 Å². The number of nitrogens with one attached hydrogen (secondary N) is 1. The maximum Gasteiger partial charge on any atom is 0.256 e. The third kappa shape index (κ3) is 5.23. The van der Waals surface area contributed by atoms with Crippen molar-refractivity contribution < 1.29 is 23.8 Å². The molecule has 9 nitrogen and oxygen atoms in total. The molecule has 0 aromatic heterocycles. The van der Waals surface area contributed by atoms with Crippen LogP contribution < -0.4 is 14.8 Å². The minimum atomic E-state index is -0.312. The van der Waals surface area contributed by atoms with E-state index in [4.69, 9.17) is 14.2 Å². The number of benzene rings is 3. The van der Waals surface area contributed by atoms with Crippen molar-refractivity contribution >= 4 is 17.5 Å². The van der Waals surface area contributed by atoms with Gasteiger partial charge in [0.25, 0.3) is 11.8 Å². The summed E-state index contributed by atoms with van der Waals surface area (Å²) >= 11 is 0. The lowest BCUT2D eigenvalue weighted by Crippen LogP contribution is -2.48. The smallest absolute Gasteiger partial charge is 0.256 e. The molecule has 0 radical (unpaired) electrons. The fourth-order valence-electron chi connectivity index (χ4n) is 6.21. The van der Waals surface area contributed by atoms with Crippen molar-refractivity contribution in [1.29, 1.82) is 0 Å². The average Bonchev–Trinajstić information content (AvgIpc) is 3.75. The first kappa shape index (κ1) is 25.9. The SMILES string of the molecule is O=C(c1cccc(NC2c3ccccc3C(=O)N2CC2CCCO2)c1)N1CCN(Cc2ccc3c(c2)OCO3)CC1. The Morgan fingerprint density at radius 1 is 0.927 bits per heavy atom. The van der Waals surface area contributed by atoms with Crippen LogP contribution in [0.5, 0.6) is 11.5 Å². The van der Waals surface area contributed by atoms with Crippen molar-refractivity contribution in [2.45, 2.75) is 31.7 Å². The molecule has 0 saturated carbocycles. The monoisotopic (exact) mass is 554 g/mol.